The molecule has 1 heterocycles. The zero-order chi connectivity index (χ0) is 13.9. The van der Waals surface area contributed by atoms with E-state index in [0.717, 1.165) is 19.4 Å². The first-order valence-corrected chi connectivity index (χ1v) is 6.10. The van der Waals surface area contributed by atoms with Crippen LogP contribution < -0.4 is 5.32 Å². The highest BCUT2D eigenvalue weighted by Crippen LogP contribution is 2.01. The van der Waals surface area contributed by atoms with Crippen LogP contribution in [0.25, 0.3) is 0 Å². The molecular formula is C12H19N3O4. The average molecular weight is 269 g/mol. The SMILES string of the molecule is COCCOCCCCNc1cnc(C(=O)O)cn1. The second-order valence-electron chi connectivity index (χ2n) is 3.83. The Bertz CT molecular complexity index is 370. The summed E-state index contributed by atoms with van der Waals surface area (Å²) in [5, 5.41) is 11.7. The first-order valence-electron chi connectivity index (χ1n) is 6.10. The maximum absolute atomic E-state index is 10.6. The summed E-state index contributed by atoms with van der Waals surface area (Å²) in [6.07, 6.45) is 4.53. The lowest BCUT2D eigenvalue weighted by Crippen LogP contribution is -2.08. The molecule has 0 aliphatic rings. The fourth-order valence-corrected chi connectivity index (χ4v) is 1.32. The number of methoxy groups -OCH3 is 1. The fraction of sp³-hybridized carbons (Fsp3) is 0.583. The molecule has 1 aromatic rings. The van der Waals surface area contributed by atoms with Gasteiger partial charge in [0.2, 0.25) is 0 Å². The molecule has 1 aromatic heterocycles. The number of anilines is 1. The maximum Gasteiger partial charge on any atom is 0.356 e. The minimum absolute atomic E-state index is 0.0582. The number of unbranched alkanes of at least 4 members (excludes halogenated alkanes) is 1. The summed E-state index contributed by atoms with van der Waals surface area (Å²) >= 11 is 0. The number of aromatic nitrogens is 2. The number of aromatic carboxylic acids is 1. The smallest absolute Gasteiger partial charge is 0.356 e. The van der Waals surface area contributed by atoms with E-state index < -0.39 is 5.97 Å². The normalized spacial score (nSPS) is 10.4. The lowest BCUT2D eigenvalue weighted by molar-refractivity contribution is 0.0689. The Morgan fingerprint density at radius 3 is 2.74 bits per heavy atom. The van der Waals surface area contributed by atoms with Gasteiger partial charge in [0.15, 0.2) is 5.69 Å². The molecular weight excluding hydrogens is 250 g/mol. The van der Waals surface area contributed by atoms with Crippen LogP contribution in [-0.4, -0.2) is 54.5 Å². The highest BCUT2D eigenvalue weighted by atomic mass is 16.5. The van der Waals surface area contributed by atoms with Gasteiger partial charge in [0.1, 0.15) is 5.82 Å². The number of carboxylic acid groups (broad SMARTS) is 1. The van der Waals surface area contributed by atoms with Crippen LogP contribution in [0.5, 0.6) is 0 Å². The van der Waals surface area contributed by atoms with E-state index in [4.69, 9.17) is 14.6 Å². The van der Waals surface area contributed by atoms with E-state index in [9.17, 15) is 4.79 Å². The van der Waals surface area contributed by atoms with Gasteiger partial charge < -0.3 is 19.9 Å². The van der Waals surface area contributed by atoms with Crippen LogP contribution in [-0.2, 0) is 9.47 Å². The molecule has 0 amide bonds. The molecule has 7 heteroatoms. The third kappa shape index (κ3) is 6.68. The first-order chi connectivity index (χ1) is 9.24. The molecule has 0 atom stereocenters. The molecule has 106 valence electrons. The molecule has 0 radical (unpaired) electrons. The molecule has 0 spiro atoms. The predicted octanol–water partition coefficient (Wildman–Crippen LogP) is 1.03. The number of nitrogens with zero attached hydrogens (tertiary/aromatic N) is 2. The molecule has 0 saturated heterocycles. The van der Waals surface area contributed by atoms with Crippen molar-refractivity contribution in [2.24, 2.45) is 0 Å². The quantitative estimate of drug-likeness (QED) is 0.613. The van der Waals surface area contributed by atoms with Gasteiger partial charge in [0, 0.05) is 20.3 Å². The van der Waals surface area contributed by atoms with E-state index in [1.807, 2.05) is 0 Å². The van der Waals surface area contributed by atoms with Gasteiger partial charge in [-0.2, -0.15) is 0 Å². The third-order valence-electron chi connectivity index (χ3n) is 2.32. The van der Waals surface area contributed by atoms with Gasteiger partial charge in [-0.15, -0.1) is 0 Å². The average Bonchev–Trinajstić information content (AvgIpc) is 2.42. The Hall–Kier alpha value is -1.73. The van der Waals surface area contributed by atoms with Crippen LogP contribution >= 0.6 is 0 Å². The summed E-state index contributed by atoms with van der Waals surface area (Å²) in [7, 11) is 1.64. The Morgan fingerprint density at radius 1 is 1.26 bits per heavy atom. The fourth-order valence-electron chi connectivity index (χ4n) is 1.32. The topological polar surface area (TPSA) is 93.6 Å². The standard InChI is InChI=1S/C12H19N3O4/c1-18-6-7-19-5-3-2-4-13-11-9-14-10(8-15-11)12(16)17/h8-9H,2-7H2,1H3,(H,13,15)(H,16,17). The first kappa shape index (κ1) is 15.3. The van der Waals surface area contributed by atoms with Crippen molar-refractivity contribution in [2.75, 3.05) is 38.8 Å². The highest BCUT2D eigenvalue weighted by Gasteiger charge is 2.04. The van der Waals surface area contributed by atoms with Crippen molar-refractivity contribution in [1.82, 2.24) is 9.97 Å². The van der Waals surface area contributed by atoms with Crippen molar-refractivity contribution in [2.45, 2.75) is 12.8 Å². The lowest BCUT2D eigenvalue weighted by atomic mass is 10.3. The van der Waals surface area contributed by atoms with E-state index in [1.165, 1.54) is 12.4 Å². The molecule has 0 aliphatic carbocycles. The molecule has 7 nitrogen and oxygen atoms in total. The largest absolute Gasteiger partial charge is 0.476 e. The zero-order valence-corrected chi connectivity index (χ0v) is 11.0. The van der Waals surface area contributed by atoms with Crippen molar-refractivity contribution in [3.63, 3.8) is 0 Å². The van der Waals surface area contributed by atoms with Crippen molar-refractivity contribution in [3.05, 3.63) is 18.1 Å². The second kappa shape index (κ2) is 9.23. The third-order valence-corrected chi connectivity index (χ3v) is 2.32. The van der Waals surface area contributed by atoms with Crippen LogP contribution in [0.15, 0.2) is 12.4 Å². The minimum Gasteiger partial charge on any atom is -0.476 e. The molecule has 0 aliphatic heterocycles. The van der Waals surface area contributed by atoms with E-state index in [0.29, 0.717) is 25.6 Å². The number of hydrogen-bond donors (Lipinski definition) is 2. The van der Waals surface area contributed by atoms with Crippen molar-refractivity contribution in [3.8, 4) is 0 Å². The van der Waals surface area contributed by atoms with Crippen molar-refractivity contribution < 1.29 is 19.4 Å². The monoisotopic (exact) mass is 269 g/mol. The van der Waals surface area contributed by atoms with Crippen LogP contribution in [0.3, 0.4) is 0 Å². The Morgan fingerprint density at radius 2 is 2.11 bits per heavy atom. The number of nitrogens with one attached hydrogen (secondary N) is 1. The molecule has 19 heavy (non-hydrogen) atoms. The van der Waals surface area contributed by atoms with E-state index >= 15 is 0 Å². The summed E-state index contributed by atoms with van der Waals surface area (Å²) in [4.78, 5) is 18.3. The Balaban J connectivity index is 2.07. The van der Waals surface area contributed by atoms with Crippen LogP contribution in [0.1, 0.15) is 23.3 Å². The maximum atomic E-state index is 10.6. The summed E-state index contributed by atoms with van der Waals surface area (Å²) < 4.78 is 10.2. The predicted molar refractivity (Wildman–Crippen MR) is 69.4 cm³/mol. The van der Waals surface area contributed by atoms with E-state index in [2.05, 4.69) is 15.3 Å². The number of hydrogen-bond acceptors (Lipinski definition) is 6. The molecule has 0 saturated carbocycles. The number of carbonyl (C=O) groups is 1. The van der Waals surface area contributed by atoms with Gasteiger partial charge >= 0.3 is 5.97 Å². The second-order valence-corrected chi connectivity index (χ2v) is 3.83. The number of rotatable bonds is 10. The van der Waals surface area contributed by atoms with Crippen molar-refractivity contribution in [1.29, 1.82) is 0 Å². The molecule has 0 fully saturated rings. The minimum atomic E-state index is -1.08. The summed E-state index contributed by atoms with van der Waals surface area (Å²) in [6.45, 7) is 2.68. The Labute approximate surface area is 112 Å². The van der Waals surface area contributed by atoms with Crippen LogP contribution in [0.4, 0.5) is 5.82 Å². The molecule has 0 unspecified atom stereocenters. The van der Waals surface area contributed by atoms with Gasteiger partial charge in [-0.25, -0.2) is 14.8 Å². The molecule has 0 aromatic carbocycles. The molecule has 2 N–H and O–H groups in total. The van der Waals surface area contributed by atoms with Gasteiger partial charge in [-0.05, 0) is 12.8 Å². The van der Waals surface area contributed by atoms with E-state index in [-0.39, 0.29) is 5.69 Å². The molecule has 0 bridgehead atoms. The number of ether oxygens (including phenoxy) is 2. The van der Waals surface area contributed by atoms with Gasteiger partial charge in [0.25, 0.3) is 0 Å². The van der Waals surface area contributed by atoms with Crippen LogP contribution in [0.2, 0.25) is 0 Å². The van der Waals surface area contributed by atoms with Crippen molar-refractivity contribution >= 4 is 11.8 Å². The van der Waals surface area contributed by atoms with Gasteiger partial charge in [-0.3, -0.25) is 0 Å². The van der Waals surface area contributed by atoms with Gasteiger partial charge in [0.05, 0.1) is 25.6 Å². The lowest BCUT2D eigenvalue weighted by Gasteiger charge is -2.06. The highest BCUT2D eigenvalue weighted by molar-refractivity contribution is 5.84. The summed E-state index contributed by atoms with van der Waals surface area (Å²) in [6, 6.07) is 0. The number of carboxylic acids is 1. The van der Waals surface area contributed by atoms with Crippen LogP contribution in [0, 0.1) is 0 Å². The summed E-state index contributed by atoms with van der Waals surface area (Å²) in [5.74, 6) is -0.502. The van der Waals surface area contributed by atoms with Gasteiger partial charge in [-0.1, -0.05) is 0 Å². The Kier molecular flexibility index (Phi) is 7.45. The van der Waals surface area contributed by atoms with E-state index in [1.54, 1.807) is 7.11 Å². The zero-order valence-electron chi connectivity index (χ0n) is 11.0. The molecule has 1 rings (SSSR count). The summed E-state index contributed by atoms with van der Waals surface area (Å²) in [5.41, 5.74) is -0.0582.